The lowest BCUT2D eigenvalue weighted by Crippen LogP contribution is -2.37. The van der Waals surface area contributed by atoms with Gasteiger partial charge in [0, 0.05) is 31.2 Å². The number of rotatable bonds is 4. The summed E-state index contributed by atoms with van der Waals surface area (Å²) in [5.41, 5.74) is 13.0. The SMILES string of the molecule is CC(C)(CC(N)=O)c1ccc(N2C[C@@H]3[C@H](N)CCN3C2=O)cc1. The van der Waals surface area contributed by atoms with Gasteiger partial charge in [-0.2, -0.15) is 0 Å². The van der Waals surface area contributed by atoms with Gasteiger partial charge in [0.15, 0.2) is 0 Å². The van der Waals surface area contributed by atoms with Crippen LogP contribution in [0.3, 0.4) is 0 Å². The minimum atomic E-state index is -0.318. The summed E-state index contributed by atoms with van der Waals surface area (Å²) in [6.45, 7) is 5.36. The molecule has 2 saturated heterocycles. The maximum absolute atomic E-state index is 12.5. The molecule has 6 nitrogen and oxygen atoms in total. The zero-order valence-electron chi connectivity index (χ0n) is 13.7. The summed E-state index contributed by atoms with van der Waals surface area (Å²) < 4.78 is 0. The van der Waals surface area contributed by atoms with Crippen molar-refractivity contribution in [2.24, 2.45) is 11.5 Å². The van der Waals surface area contributed by atoms with Gasteiger partial charge in [-0.25, -0.2) is 4.79 Å². The highest BCUT2D eigenvalue weighted by Crippen LogP contribution is 2.32. The monoisotopic (exact) mass is 316 g/mol. The largest absolute Gasteiger partial charge is 0.370 e. The molecule has 0 aliphatic carbocycles. The molecule has 2 fully saturated rings. The Balaban J connectivity index is 1.78. The van der Waals surface area contributed by atoms with E-state index in [1.54, 1.807) is 4.90 Å². The number of urea groups is 1. The van der Waals surface area contributed by atoms with E-state index in [0.29, 0.717) is 13.0 Å². The molecule has 0 radical (unpaired) electrons. The second-order valence-electron chi connectivity index (χ2n) is 7.18. The van der Waals surface area contributed by atoms with Crippen molar-refractivity contribution < 1.29 is 9.59 Å². The second kappa shape index (κ2) is 5.53. The summed E-state index contributed by atoms with van der Waals surface area (Å²) in [5.74, 6) is -0.316. The maximum Gasteiger partial charge on any atom is 0.324 e. The van der Waals surface area contributed by atoms with Crippen molar-refractivity contribution in [3.63, 3.8) is 0 Å². The number of nitrogens with zero attached hydrogens (tertiary/aromatic N) is 2. The third kappa shape index (κ3) is 2.79. The molecule has 6 heteroatoms. The highest BCUT2D eigenvalue weighted by atomic mass is 16.2. The van der Waals surface area contributed by atoms with Gasteiger partial charge >= 0.3 is 6.03 Å². The quantitative estimate of drug-likeness (QED) is 0.873. The van der Waals surface area contributed by atoms with E-state index in [4.69, 9.17) is 11.5 Å². The lowest BCUT2D eigenvalue weighted by Gasteiger charge is -2.25. The standard InChI is InChI=1S/C17H24N4O2/c1-17(2,9-15(19)22)11-3-5-12(6-4-11)21-10-14-13(18)7-8-20(14)16(21)23/h3-6,13-14H,7-10,18H2,1-2H3,(H2,19,22)/t13-,14-/m1/s1. The molecule has 2 aliphatic heterocycles. The zero-order valence-corrected chi connectivity index (χ0v) is 13.7. The lowest BCUT2D eigenvalue weighted by atomic mass is 9.81. The molecule has 1 aromatic carbocycles. The first-order chi connectivity index (χ1) is 10.8. The highest BCUT2D eigenvalue weighted by Gasteiger charge is 2.44. The first-order valence-electron chi connectivity index (χ1n) is 8.02. The molecule has 0 spiro atoms. The predicted molar refractivity (Wildman–Crippen MR) is 89.1 cm³/mol. The predicted octanol–water partition coefficient (Wildman–Crippen LogP) is 1.18. The van der Waals surface area contributed by atoms with Crippen LogP contribution in [0.25, 0.3) is 0 Å². The van der Waals surface area contributed by atoms with Crippen molar-refractivity contribution in [2.75, 3.05) is 18.0 Å². The summed E-state index contributed by atoms with van der Waals surface area (Å²) in [4.78, 5) is 27.4. The minimum absolute atomic E-state index is 0.0343. The molecule has 4 N–H and O–H groups in total. The summed E-state index contributed by atoms with van der Waals surface area (Å²) in [5, 5.41) is 0. The van der Waals surface area contributed by atoms with E-state index in [1.807, 2.05) is 43.0 Å². The third-order valence-corrected chi connectivity index (χ3v) is 5.02. The smallest absolute Gasteiger partial charge is 0.324 e. The van der Waals surface area contributed by atoms with E-state index in [9.17, 15) is 9.59 Å². The fourth-order valence-electron chi connectivity index (χ4n) is 3.62. The number of carbonyl (C=O) groups excluding carboxylic acids is 2. The Kier molecular flexibility index (Phi) is 3.80. The second-order valence-corrected chi connectivity index (χ2v) is 7.18. The molecule has 124 valence electrons. The van der Waals surface area contributed by atoms with Gasteiger partial charge in [0.1, 0.15) is 0 Å². The molecule has 0 bridgehead atoms. The van der Waals surface area contributed by atoms with Crippen molar-refractivity contribution in [2.45, 2.75) is 44.2 Å². The van der Waals surface area contributed by atoms with Crippen molar-refractivity contribution in [1.82, 2.24) is 4.90 Å². The number of hydrogen-bond donors (Lipinski definition) is 2. The van der Waals surface area contributed by atoms with Crippen LogP contribution in [-0.2, 0) is 10.2 Å². The fraction of sp³-hybridized carbons (Fsp3) is 0.529. The van der Waals surface area contributed by atoms with E-state index in [2.05, 4.69) is 0 Å². The molecule has 2 aliphatic rings. The van der Waals surface area contributed by atoms with Gasteiger partial charge in [0.2, 0.25) is 5.91 Å². The molecule has 0 unspecified atom stereocenters. The van der Waals surface area contributed by atoms with Crippen LogP contribution in [0, 0.1) is 0 Å². The van der Waals surface area contributed by atoms with E-state index < -0.39 is 0 Å². The van der Waals surface area contributed by atoms with Crippen LogP contribution in [0.5, 0.6) is 0 Å². The van der Waals surface area contributed by atoms with E-state index >= 15 is 0 Å². The number of anilines is 1. The molecule has 1 aromatic rings. The van der Waals surface area contributed by atoms with Crippen LogP contribution in [0.1, 0.15) is 32.3 Å². The Morgan fingerprint density at radius 2 is 1.96 bits per heavy atom. The van der Waals surface area contributed by atoms with Gasteiger partial charge in [-0.3, -0.25) is 9.69 Å². The first kappa shape index (κ1) is 15.8. The Bertz CT molecular complexity index is 626. The number of nitrogens with two attached hydrogens (primary N) is 2. The molecule has 2 heterocycles. The number of amides is 3. The molecule has 3 rings (SSSR count). The van der Waals surface area contributed by atoms with E-state index in [1.165, 1.54) is 0 Å². The van der Waals surface area contributed by atoms with Gasteiger partial charge in [-0.15, -0.1) is 0 Å². The summed E-state index contributed by atoms with van der Waals surface area (Å²) in [6, 6.07) is 8.02. The fourth-order valence-corrected chi connectivity index (χ4v) is 3.62. The van der Waals surface area contributed by atoms with Crippen molar-refractivity contribution in [1.29, 1.82) is 0 Å². The summed E-state index contributed by atoms with van der Waals surface area (Å²) >= 11 is 0. The number of hydrogen-bond acceptors (Lipinski definition) is 3. The molecular formula is C17H24N4O2. The molecule has 0 saturated carbocycles. The molecule has 2 atom stereocenters. The van der Waals surface area contributed by atoms with Gasteiger partial charge in [-0.05, 0) is 29.5 Å². The number of fused-ring (bicyclic) bond motifs is 1. The third-order valence-electron chi connectivity index (χ3n) is 5.02. The van der Waals surface area contributed by atoms with Crippen LogP contribution >= 0.6 is 0 Å². The van der Waals surface area contributed by atoms with Crippen LogP contribution < -0.4 is 16.4 Å². The van der Waals surface area contributed by atoms with Crippen LogP contribution in [0.4, 0.5) is 10.5 Å². The van der Waals surface area contributed by atoms with Gasteiger partial charge < -0.3 is 16.4 Å². The van der Waals surface area contributed by atoms with Gasteiger partial charge in [0.05, 0.1) is 6.04 Å². The Labute approximate surface area is 136 Å². The minimum Gasteiger partial charge on any atom is -0.370 e. The van der Waals surface area contributed by atoms with E-state index in [0.717, 1.165) is 24.2 Å². The average molecular weight is 316 g/mol. The maximum atomic E-state index is 12.5. The zero-order chi connectivity index (χ0) is 16.8. The van der Waals surface area contributed by atoms with Crippen molar-refractivity contribution >= 4 is 17.6 Å². The molecule has 23 heavy (non-hydrogen) atoms. The first-order valence-corrected chi connectivity index (χ1v) is 8.02. The number of carbonyl (C=O) groups is 2. The van der Waals surface area contributed by atoms with Gasteiger partial charge in [0.25, 0.3) is 0 Å². The van der Waals surface area contributed by atoms with Crippen molar-refractivity contribution in [3.05, 3.63) is 29.8 Å². The van der Waals surface area contributed by atoms with Crippen molar-refractivity contribution in [3.8, 4) is 0 Å². The van der Waals surface area contributed by atoms with E-state index in [-0.39, 0.29) is 29.4 Å². The average Bonchev–Trinajstić information content (AvgIpc) is 2.99. The van der Waals surface area contributed by atoms with Gasteiger partial charge in [-0.1, -0.05) is 26.0 Å². The molecule has 0 aromatic heterocycles. The van der Waals surface area contributed by atoms with Crippen LogP contribution in [-0.4, -0.2) is 42.0 Å². The lowest BCUT2D eigenvalue weighted by molar-refractivity contribution is -0.119. The normalized spacial score (nSPS) is 24.2. The van der Waals surface area contributed by atoms with Crippen LogP contribution in [0.15, 0.2) is 24.3 Å². The Morgan fingerprint density at radius 1 is 1.30 bits per heavy atom. The molecule has 3 amide bonds. The summed E-state index contributed by atoms with van der Waals surface area (Å²) in [6.07, 6.45) is 1.17. The number of benzene rings is 1. The number of primary amides is 1. The summed E-state index contributed by atoms with van der Waals surface area (Å²) in [7, 11) is 0. The van der Waals surface area contributed by atoms with Crippen LogP contribution in [0.2, 0.25) is 0 Å². The molecular weight excluding hydrogens is 292 g/mol. The Hall–Kier alpha value is -2.08. The topological polar surface area (TPSA) is 92.7 Å². The Morgan fingerprint density at radius 3 is 2.52 bits per heavy atom. The highest BCUT2D eigenvalue weighted by molar-refractivity contribution is 5.95.